The zero-order valence-corrected chi connectivity index (χ0v) is 12.8. The van der Waals surface area contributed by atoms with Crippen LogP contribution in [0.4, 0.5) is 5.69 Å². The van der Waals surface area contributed by atoms with Crippen LogP contribution >= 0.6 is 0 Å². The minimum Gasteiger partial charge on any atom is -0.330 e. The number of rotatable bonds is 5. The summed E-state index contributed by atoms with van der Waals surface area (Å²) in [5.74, 6) is -0.0486. The van der Waals surface area contributed by atoms with Crippen LogP contribution in [0.3, 0.4) is 0 Å². The monoisotopic (exact) mass is 294 g/mol. The molecule has 2 aromatic rings. The lowest BCUT2D eigenvalue weighted by atomic mass is 10.1. The summed E-state index contributed by atoms with van der Waals surface area (Å²) in [6.45, 7) is 3.97. The molecule has 0 heterocycles. The number of carbonyl (C=O) groups excluding carboxylic acids is 1. The summed E-state index contributed by atoms with van der Waals surface area (Å²) in [7, 11) is 0. The van der Waals surface area contributed by atoms with Gasteiger partial charge in [-0.3, -0.25) is 4.79 Å². The van der Waals surface area contributed by atoms with Gasteiger partial charge < -0.3 is 10.6 Å². The molecule has 4 nitrogen and oxygen atoms in total. The number of nitrogens with zero attached hydrogens (tertiary/aromatic N) is 1. The van der Waals surface area contributed by atoms with E-state index < -0.39 is 0 Å². The summed E-state index contributed by atoms with van der Waals surface area (Å²) in [6.07, 6.45) is 0. The largest absolute Gasteiger partial charge is 0.330 e. The van der Waals surface area contributed by atoms with Crippen molar-refractivity contribution < 1.29 is 10.1 Å². The summed E-state index contributed by atoms with van der Waals surface area (Å²) < 4.78 is 0. The molecule has 2 atom stereocenters. The standard InChI is InChI=1S/C18H19N3O/c1-13(16-6-4-3-5-7-16)20-14(2)18(22)21-17-10-8-15(12-19)9-11-17/h3-11,13-14,20H,1-2H3,(H,21,22)/p+1/t13-,14+/m1/s1. The molecule has 22 heavy (non-hydrogen) atoms. The minimum atomic E-state index is -0.203. The van der Waals surface area contributed by atoms with E-state index in [1.165, 1.54) is 5.56 Å². The number of nitrogens with two attached hydrogens (primary N) is 1. The molecule has 3 N–H and O–H groups in total. The molecule has 4 heteroatoms. The first-order valence-electron chi connectivity index (χ1n) is 7.31. The van der Waals surface area contributed by atoms with Gasteiger partial charge in [0.05, 0.1) is 11.6 Å². The van der Waals surface area contributed by atoms with Gasteiger partial charge in [-0.15, -0.1) is 0 Å². The van der Waals surface area contributed by atoms with E-state index in [1.807, 2.05) is 30.4 Å². The second-order valence-corrected chi connectivity index (χ2v) is 5.36. The Labute approximate surface area is 130 Å². The Morgan fingerprint density at radius 3 is 2.32 bits per heavy atom. The third kappa shape index (κ3) is 4.18. The van der Waals surface area contributed by atoms with Crippen molar-refractivity contribution in [1.82, 2.24) is 0 Å². The van der Waals surface area contributed by atoms with Crippen molar-refractivity contribution in [2.75, 3.05) is 5.32 Å². The quantitative estimate of drug-likeness (QED) is 0.887. The minimum absolute atomic E-state index is 0.0486. The van der Waals surface area contributed by atoms with Gasteiger partial charge in [0, 0.05) is 11.3 Å². The fourth-order valence-electron chi connectivity index (χ4n) is 2.27. The average Bonchev–Trinajstić information content (AvgIpc) is 2.56. The molecule has 0 aliphatic heterocycles. The molecule has 0 saturated heterocycles. The number of anilines is 1. The first-order valence-corrected chi connectivity index (χ1v) is 7.31. The molecule has 1 amide bonds. The lowest BCUT2D eigenvalue weighted by Gasteiger charge is -2.16. The zero-order chi connectivity index (χ0) is 15.9. The highest BCUT2D eigenvalue weighted by molar-refractivity contribution is 5.93. The van der Waals surface area contributed by atoms with E-state index in [9.17, 15) is 4.79 Å². The number of benzene rings is 2. The Morgan fingerprint density at radius 1 is 1.09 bits per heavy atom. The van der Waals surface area contributed by atoms with Gasteiger partial charge in [0.2, 0.25) is 0 Å². The maximum absolute atomic E-state index is 12.2. The average molecular weight is 294 g/mol. The summed E-state index contributed by atoms with van der Waals surface area (Å²) in [5.41, 5.74) is 2.48. The lowest BCUT2D eigenvalue weighted by Crippen LogP contribution is -2.91. The Hall–Kier alpha value is -2.64. The molecule has 0 aromatic heterocycles. The van der Waals surface area contributed by atoms with E-state index in [4.69, 9.17) is 5.26 Å². The molecule has 0 bridgehead atoms. The van der Waals surface area contributed by atoms with Crippen molar-refractivity contribution in [1.29, 1.82) is 5.26 Å². The maximum Gasteiger partial charge on any atom is 0.282 e. The predicted molar refractivity (Wildman–Crippen MR) is 86.0 cm³/mol. The van der Waals surface area contributed by atoms with E-state index >= 15 is 0 Å². The SMILES string of the molecule is C[C@H]([NH2+][C@H](C)c1ccccc1)C(=O)Nc1ccc(C#N)cc1. The highest BCUT2D eigenvalue weighted by Gasteiger charge is 2.20. The fraction of sp³-hybridized carbons (Fsp3) is 0.222. The van der Waals surface area contributed by atoms with E-state index in [2.05, 4.69) is 30.4 Å². The van der Waals surface area contributed by atoms with Crippen LogP contribution in [-0.4, -0.2) is 11.9 Å². The summed E-state index contributed by atoms with van der Waals surface area (Å²) in [4.78, 5) is 12.2. The Kier molecular flexibility index (Phi) is 5.29. The predicted octanol–water partition coefficient (Wildman–Crippen LogP) is 2.21. The van der Waals surface area contributed by atoms with Crippen molar-refractivity contribution in [2.45, 2.75) is 25.9 Å². The molecule has 0 fully saturated rings. The van der Waals surface area contributed by atoms with Gasteiger partial charge in [0.25, 0.3) is 5.91 Å². The van der Waals surface area contributed by atoms with E-state index in [1.54, 1.807) is 24.3 Å². The first kappa shape index (κ1) is 15.7. The van der Waals surface area contributed by atoms with Gasteiger partial charge in [0.1, 0.15) is 6.04 Å². The molecule has 112 valence electrons. The molecule has 0 aliphatic carbocycles. The van der Waals surface area contributed by atoms with Gasteiger partial charge in [-0.05, 0) is 38.1 Å². The number of hydrogen-bond acceptors (Lipinski definition) is 2. The van der Waals surface area contributed by atoms with Crippen molar-refractivity contribution in [3.05, 3.63) is 65.7 Å². The lowest BCUT2D eigenvalue weighted by molar-refractivity contribution is -0.709. The Bertz CT molecular complexity index is 659. The Balaban J connectivity index is 1.93. The van der Waals surface area contributed by atoms with Gasteiger partial charge in [-0.25, -0.2) is 0 Å². The summed E-state index contributed by atoms with van der Waals surface area (Å²) in [6, 6.07) is 19.0. The molecule has 0 unspecified atom stereocenters. The van der Waals surface area contributed by atoms with E-state index in [-0.39, 0.29) is 18.0 Å². The maximum atomic E-state index is 12.2. The normalized spacial score (nSPS) is 13.0. The van der Waals surface area contributed by atoms with E-state index in [0.29, 0.717) is 11.3 Å². The topological polar surface area (TPSA) is 69.5 Å². The van der Waals surface area contributed by atoms with Crippen LogP contribution in [-0.2, 0) is 4.79 Å². The van der Waals surface area contributed by atoms with Crippen LogP contribution in [0.15, 0.2) is 54.6 Å². The van der Waals surface area contributed by atoms with E-state index in [0.717, 1.165) is 0 Å². The first-order chi connectivity index (χ1) is 10.6. The molecule has 0 radical (unpaired) electrons. The molecule has 0 saturated carbocycles. The van der Waals surface area contributed by atoms with Crippen LogP contribution in [0, 0.1) is 11.3 Å². The Morgan fingerprint density at radius 2 is 1.73 bits per heavy atom. The van der Waals surface area contributed by atoms with Crippen LogP contribution < -0.4 is 10.6 Å². The fourth-order valence-corrected chi connectivity index (χ4v) is 2.27. The van der Waals surface area contributed by atoms with Gasteiger partial charge in [-0.2, -0.15) is 5.26 Å². The smallest absolute Gasteiger partial charge is 0.282 e. The number of amides is 1. The van der Waals surface area contributed by atoms with Gasteiger partial charge in [0.15, 0.2) is 6.04 Å². The summed E-state index contributed by atoms with van der Waals surface area (Å²) >= 11 is 0. The third-order valence-electron chi connectivity index (χ3n) is 3.60. The highest BCUT2D eigenvalue weighted by atomic mass is 16.2. The van der Waals surface area contributed by atoms with Crippen molar-refractivity contribution >= 4 is 11.6 Å². The molecule has 2 aromatic carbocycles. The molecular formula is C18H20N3O+. The number of carbonyl (C=O) groups is 1. The molecule has 2 rings (SSSR count). The second-order valence-electron chi connectivity index (χ2n) is 5.36. The number of quaternary nitrogens is 1. The third-order valence-corrected chi connectivity index (χ3v) is 3.60. The van der Waals surface area contributed by atoms with Crippen LogP contribution in [0.25, 0.3) is 0 Å². The highest BCUT2D eigenvalue weighted by Crippen LogP contribution is 2.10. The van der Waals surface area contributed by atoms with Crippen molar-refractivity contribution in [3.63, 3.8) is 0 Å². The molecule has 0 aliphatic rings. The van der Waals surface area contributed by atoms with Gasteiger partial charge in [-0.1, -0.05) is 30.3 Å². The van der Waals surface area contributed by atoms with Crippen LogP contribution in [0.5, 0.6) is 0 Å². The van der Waals surface area contributed by atoms with Crippen LogP contribution in [0.2, 0.25) is 0 Å². The van der Waals surface area contributed by atoms with Crippen molar-refractivity contribution in [3.8, 4) is 6.07 Å². The number of nitriles is 1. The number of hydrogen-bond donors (Lipinski definition) is 2. The van der Waals surface area contributed by atoms with Crippen LogP contribution in [0.1, 0.15) is 31.0 Å². The zero-order valence-electron chi connectivity index (χ0n) is 12.8. The van der Waals surface area contributed by atoms with Gasteiger partial charge >= 0.3 is 0 Å². The molecule has 0 spiro atoms. The number of nitrogens with one attached hydrogen (secondary N) is 1. The molecular weight excluding hydrogens is 274 g/mol. The van der Waals surface area contributed by atoms with Crippen molar-refractivity contribution in [2.24, 2.45) is 0 Å². The summed E-state index contributed by atoms with van der Waals surface area (Å²) in [5, 5.41) is 13.7. The second kappa shape index (κ2) is 7.39.